The van der Waals surface area contributed by atoms with Crippen LogP contribution in [0.3, 0.4) is 0 Å². The van der Waals surface area contributed by atoms with E-state index in [0.29, 0.717) is 27.7 Å². The van der Waals surface area contributed by atoms with Gasteiger partial charge in [-0.15, -0.1) is 11.3 Å². The summed E-state index contributed by atoms with van der Waals surface area (Å²) in [5.41, 5.74) is 1.40. The molecule has 5 rings (SSSR count). The average molecular weight is 450 g/mol. The number of nitrogens with zero attached hydrogens (tertiary/aromatic N) is 2. The Bertz CT molecular complexity index is 1220. The number of fused-ring (bicyclic) bond motifs is 1. The molecule has 0 spiro atoms. The maximum Gasteiger partial charge on any atom is 0.290 e. The molecule has 1 amide bonds. The Morgan fingerprint density at radius 2 is 2.09 bits per heavy atom. The highest BCUT2D eigenvalue weighted by atomic mass is 32.1. The summed E-state index contributed by atoms with van der Waals surface area (Å²) in [7, 11) is 1.50. The van der Waals surface area contributed by atoms with Gasteiger partial charge in [0.2, 0.25) is 18.3 Å². The monoisotopic (exact) mass is 450 g/mol. The Balaban J connectivity index is 1.64. The first kappa shape index (κ1) is 20.1. The molecule has 0 radical (unpaired) electrons. The largest absolute Gasteiger partial charge is 0.503 e. The van der Waals surface area contributed by atoms with Crippen LogP contribution < -0.4 is 14.2 Å². The summed E-state index contributed by atoms with van der Waals surface area (Å²) in [6.07, 6.45) is 3.25. The van der Waals surface area contributed by atoms with Crippen LogP contribution in [0.1, 0.15) is 26.8 Å². The first-order chi connectivity index (χ1) is 15.6. The summed E-state index contributed by atoms with van der Waals surface area (Å²) in [4.78, 5) is 32.4. The van der Waals surface area contributed by atoms with Gasteiger partial charge in [0.05, 0.1) is 23.6 Å². The van der Waals surface area contributed by atoms with Crippen LogP contribution in [0.4, 0.5) is 0 Å². The van der Waals surface area contributed by atoms with Crippen molar-refractivity contribution < 1.29 is 28.9 Å². The second kappa shape index (κ2) is 8.01. The van der Waals surface area contributed by atoms with Crippen LogP contribution in [-0.2, 0) is 11.3 Å². The van der Waals surface area contributed by atoms with Crippen molar-refractivity contribution >= 4 is 23.0 Å². The Morgan fingerprint density at radius 3 is 2.81 bits per heavy atom. The number of hydrogen-bond acceptors (Lipinski definition) is 8. The van der Waals surface area contributed by atoms with Crippen molar-refractivity contribution in [2.24, 2.45) is 0 Å². The van der Waals surface area contributed by atoms with Gasteiger partial charge < -0.3 is 24.2 Å². The smallest absolute Gasteiger partial charge is 0.290 e. The van der Waals surface area contributed by atoms with Crippen molar-refractivity contribution in [2.45, 2.75) is 12.6 Å². The van der Waals surface area contributed by atoms with E-state index >= 15 is 0 Å². The van der Waals surface area contributed by atoms with Crippen LogP contribution in [-0.4, -0.2) is 40.6 Å². The number of amides is 1. The van der Waals surface area contributed by atoms with Gasteiger partial charge in [-0.25, -0.2) is 0 Å². The zero-order valence-electron chi connectivity index (χ0n) is 17.0. The molecule has 32 heavy (non-hydrogen) atoms. The first-order valence-corrected chi connectivity index (χ1v) is 10.6. The highest BCUT2D eigenvalue weighted by Gasteiger charge is 2.44. The molecular formula is C23H18N2O6S. The van der Waals surface area contributed by atoms with Gasteiger partial charge in [-0.1, -0.05) is 6.07 Å². The number of carbonyl (C=O) groups excluding carboxylic acids is 2. The second-order valence-corrected chi connectivity index (χ2v) is 8.16. The number of pyridine rings is 1. The molecule has 3 aromatic rings. The molecule has 1 atom stereocenters. The fourth-order valence-corrected chi connectivity index (χ4v) is 4.61. The Morgan fingerprint density at radius 1 is 1.28 bits per heavy atom. The van der Waals surface area contributed by atoms with Gasteiger partial charge in [0.1, 0.15) is 0 Å². The molecule has 0 unspecified atom stereocenters. The highest BCUT2D eigenvalue weighted by molar-refractivity contribution is 7.12. The molecule has 8 nitrogen and oxygen atoms in total. The normalized spacial score (nSPS) is 17.2. The fourth-order valence-electron chi connectivity index (χ4n) is 3.93. The third-order valence-corrected chi connectivity index (χ3v) is 6.26. The van der Waals surface area contributed by atoms with E-state index in [1.807, 2.05) is 0 Å². The van der Waals surface area contributed by atoms with Crippen LogP contribution in [0.15, 0.2) is 65.5 Å². The SMILES string of the molecule is COc1cc([C@H]2C(C(=O)c3cccs3)=C(O)C(=O)N2Cc2ccncc2)cc2c1OCO2. The van der Waals surface area contributed by atoms with Crippen molar-refractivity contribution in [3.63, 3.8) is 0 Å². The lowest BCUT2D eigenvalue weighted by Crippen LogP contribution is -2.30. The molecule has 1 N–H and O–H groups in total. The zero-order chi connectivity index (χ0) is 22.2. The minimum Gasteiger partial charge on any atom is -0.503 e. The highest BCUT2D eigenvalue weighted by Crippen LogP contribution is 2.47. The maximum atomic E-state index is 13.4. The molecule has 4 heterocycles. The third kappa shape index (κ3) is 3.27. The van der Waals surface area contributed by atoms with Gasteiger partial charge in [0.25, 0.3) is 5.91 Å². The number of aliphatic hydroxyl groups is 1. The maximum absolute atomic E-state index is 13.4. The molecule has 0 saturated carbocycles. The lowest BCUT2D eigenvalue weighted by Gasteiger charge is -2.27. The van der Waals surface area contributed by atoms with Crippen LogP contribution in [0.25, 0.3) is 0 Å². The number of Topliss-reactive ketones (excluding diaryl/α,β-unsaturated/α-hetero) is 1. The standard InChI is InChI=1S/C23H18N2O6S/c1-29-15-9-14(10-16-22(15)31-12-30-16)19-18(20(26)17-3-2-8-32-17)21(27)23(28)25(19)11-13-4-6-24-7-5-13/h2-10,19,27H,11-12H2,1H3/t19-/m0/s1. The average Bonchev–Trinajstić information content (AvgIpc) is 3.56. The van der Waals surface area contributed by atoms with Crippen molar-refractivity contribution in [1.82, 2.24) is 9.88 Å². The molecule has 0 bridgehead atoms. The van der Waals surface area contributed by atoms with Crippen molar-refractivity contribution in [3.8, 4) is 17.2 Å². The predicted octanol–water partition coefficient (Wildman–Crippen LogP) is 3.66. The van der Waals surface area contributed by atoms with E-state index < -0.39 is 23.5 Å². The van der Waals surface area contributed by atoms with E-state index in [4.69, 9.17) is 14.2 Å². The van der Waals surface area contributed by atoms with Crippen molar-refractivity contribution in [1.29, 1.82) is 0 Å². The van der Waals surface area contributed by atoms with Gasteiger partial charge in [-0.3, -0.25) is 14.6 Å². The number of benzene rings is 1. The number of rotatable bonds is 6. The van der Waals surface area contributed by atoms with Crippen LogP contribution in [0.5, 0.6) is 17.2 Å². The summed E-state index contributed by atoms with van der Waals surface area (Å²) >= 11 is 1.25. The molecule has 162 valence electrons. The number of ketones is 1. The third-order valence-electron chi connectivity index (χ3n) is 5.39. The number of aliphatic hydroxyl groups excluding tert-OH is 1. The Labute approximate surface area is 187 Å². The second-order valence-electron chi connectivity index (χ2n) is 7.22. The number of aromatic nitrogens is 1. The zero-order valence-corrected chi connectivity index (χ0v) is 17.8. The molecular weight excluding hydrogens is 432 g/mol. The van der Waals surface area contributed by atoms with E-state index in [1.54, 1.807) is 54.2 Å². The topological polar surface area (TPSA) is 98.2 Å². The van der Waals surface area contributed by atoms with Gasteiger partial charge in [0.15, 0.2) is 17.3 Å². The number of carbonyl (C=O) groups is 2. The molecule has 2 aliphatic rings. The molecule has 0 aliphatic carbocycles. The van der Waals surface area contributed by atoms with E-state index in [0.717, 1.165) is 5.56 Å². The summed E-state index contributed by atoms with van der Waals surface area (Å²) in [5, 5.41) is 12.6. The van der Waals surface area contributed by atoms with Crippen molar-refractivity contribution in [3.05, 3.63) is 81.5 Å². The number of thiophene rings is 1. The Kier molecular flexibility index (Phi) is 5.02. The molecule has 2 aromatic heterocycles. The predicted molar refractivity (Wildman–Crippen MR) is 115 cm³/mol. The van der Waals surface area contributed by atoms with E-state index in [2.05, 4.69) is 4.98 Å². The van der Waals surface area contributed by atoms with Crippen LogP contribution in [0.2, 0.25) is 0 Å². The lowest BCUT2D eigenvalue weighted by atomic mass is 9.94. The van der Waals surface area contributed by atoms with Gasteiger partial charge >= 0.3 is 0 Å². The van der Waals surface area contributed by atoms with Gasteiger partial charge in [-0.2, -0.15) is 0 Å². The number of methoxy groups -OCH3 is 1. The van der Waals surface area contributed by atoms with E-state index in [-0.39, 0.29) is 18.9 Å². The molecule has 1 aromatic carbocycles. The quantitative estimate of drug-likeness (QED) is 0.572. The summed E-state index contributed by atoms with van der Waals surface area (Å²) in [6, 6.07) is 9.55. The Hall–Kier alpha value is -3.85. The van der Waals surface area contributed by atoms with Crippen LogP contribution >= 0.6 is 11.3 Å². The van der Waals surface area contributed by atoms with Gasteiger partial charge in [-0.05, 0) is 46.8 Å². The fraction of sp³-hybridized carbons (Fsp3) is 0.174. The first-order valence-electron chi connectivity index (χ1n) is 9.77. The number of ether oxygens (including phenoxy) is 3. The molecule has 2 aliphatic heterocycles. The molecule has 0 saturated heterocycles. The minimum absolute atomic E-state index is 0.0208. The van der Waals surface area contributed by atoms with E-state index in [9.17, 15) is 14.7 Å². The summed E-state index contributed by atoms with van der Waals surface area (Å²) < 4.78 is 16.5. The molecule has 0 fully saturated rings. The van der Waals surface area contributed by atoms with Gasteiger partial charge in [0, 0.05) is 18.9 Å². The van der Waals surface area contributed by atoms with E-state index in [1.165, 1.54) is 23.3 Å². The summed E-state index contributed by atoms with van der Waals surface area (Å²) in [6.45, 7) is 0.218. The lowest BCUT2D eigenvalue weighted by molar-refractivity contribution is -0.130. The number of hydrogen-bond donors (Lipinski definition) is 1. The minimum atomic E-state index is -0.839. The van der Waals surface area contributed by atoms with Crippen molar-refractivity contribution in [2.75, 3.05) is 13.9 Å². The molecule has 9 heteroatoms. The summed E-state index contributed by atoms with van der Waals surface area (Å²) in [5.74, 6) is -0.252. The van der Waals surface area contributed by atoms with Crippen LogP contribution in [0, 0.1) is 0 Å².